The Morgan fingerprint density at radius 2 is 2.00 bits per heavy atom. The summed E-state index contributed by atoms with van der Waals surface area (Å²) in [5, 5.41) is 9.03. The molecule has 0 aromatic rings. The summed E-state index contributed by atoms with van der Waals surface area (Å²) in [6.07, 6.45) is 8.07. The van der Waals surface area contributed by atoms with E-state index in [2.05, 4.69) is 26.8 Å². The Hall–Kier alpha value is -0.840. The highest BCUT2D eigenvalue weighted by Gasteiger charge is 2.19. The van der Waals surface area contributed by atoms with Crippen LogP contribution < -0.4 is 0 Å². The van der Waals surface area contributed by atoms with E-state index in [1.54, 1.807) is 0 Å². The molecule has 0 saturated carbocycles. The van der Waals surface area contributed by atoms with E-state index in [4.69, 9.17) is 5.26 Å². The van der Waals surface area contributed by atoms with Crippen molar-refractivity contribution in [2.24, 2.45) is 11.3 Å². The van der Waals surface area contributed by atoms with E-state index in [1.807, 2.05) is 0 Å². The number of carbonyl (C=O) groups excluding carboxylic acids is 1. The number of nitriles is 1. The predicted octanol–water partition coefficient (Wildman–Crippen LogP) is 4.10. The highest BCUT2D eigenvalue weighted by atomic mass is 16.1. The van der Waals surface area contributed by atoms with E-state index >= 15 is 0 Å². The first kappa shape index (κ1) is 15.2. The maximum atomic E-state index is 10.5. The molecule has 0 spiro atoms. The zero-order valence-corrected chi connectivity index (χ0v) is 11.0. The first-order valence-corrected chi connectivity index (χ1v) is 6.39. The quantitative estimate of drug-likeness (QED) is 0.436. The molecule has 0 rings (SSSR count). The summed E-state index contributed by atoms with van der Waals surface area (Å²) in [6, 6.07) is 2.39. The van der Waals surface area contributed by atoms with Crippen molar-refractivity contribution < 1.29 is 4.79 Å². The van der Waals surface area contributed by atoms with Gasteiger partial charge in [0.15, 0.2) is 0 Å². The second-order valence-corrected chi connectivity index (χ2v) is 5.40. The van der Waals surface area contributed by atoms with Gasteiger partial charge in [0.1, 0.15) is 6.29 Å². The molecule has 92 valence electrons. The summed E-state index contributed by atoms with van der Waals surface area (Å²) >= 11 is 0. The standard InChI is InChI=1S/C14H25NO/c1-4-5-6-7-13(12-15)8-9-14(2,3)10-11-16/h11,13H,4-10H2,1-3H3. The molecule has 0 saturated heterocycles. The minimum Gasteiger partial charge on any atom is -0.303 e. The van der Waals surface area contributed by atoms with Crippen LogP contribution in [0, 0.1) is 22.7 Å². The Labute approximate surface area is 100 Å². The van der Waals surface area contributed by atoms with E-state index < -0.39 is 0 Å². The van der Waals surface area contributed by atoms with E-state index in [1.165, 1.54) is 12.8 Å². The Morgan fingerprint density at radius 1 is 1.31 bits per heavy atom. The van der Waals surface area contributed by atoms with Gasteiger partial charge in [-0.05, 0) is 24.7 Å². The van der Waals surface area contributed by atoms with Crippen LogP contribution in [0.1, 0.15) is 65.7 Å². The van der Waals surface area contributed by atoms with Gasteiger partial charge in [-0.15, -0.1) is 0 Å². The van der Waals surface area contributed by atoms with Crippen LogP contribution in [0.2, 0.25) is 0 Å². The van der Waals surface area contributed by atoms with Crippen molar-refractivity contribution in [3.8, 4) is 6.07 Å². The zero-order valence-electron chi connectivity index (χ0n) is 11.0. The van der Waals surface area contributed by atoms with Gasteiger partial charge in [0.25, 0.3) is 0 Å². The largest absolute Gasteiger partial charge is 0.303 e. The molecule has 1 atom stereocenters. The molecule has 0 aromatic heterocycles. The Morgan fingerprint density at radius 3 is 2.50 bits per heavy atom. The van der Waals surface area contributed by atoms with Crippen LogP contribution in [0.3, 0.4) is 0 Å². The molecule has 1 unspecified atom stereocenters. The van der Waals surface area contributed by atoms with Gasteiger partial charge in [-0.25, -0.2) is 0 Å². The molecule has 0 fully saturated rings. The van der Waals surface area contributed by atoms with Crippen molar-refractivity contribution in [2.75, 3.05) is 0 Å². The van der Waals surface area contributed by atoms with Gasteiger partial charge in [-0.1, -0.05) is 40.0 Å². The molecule has 0 amide bonds. The summed E-state index contributed by atoms with van der Waals surface area (Å²) in [7, 11) is 0. The predicted molar refractivity (Wildman–Crippen MR) is 66.9 cm³/mol. The van der Waals surface area contributed by atoms with Gasteiger partial charge in [0.05, 0.1) is 6.07 Å². The fraction of sp³-hybridized carbons (Fsp3) is 0.857. The van der Waals surface area contributed by atoms with Crippen LogP contribution in [0.5, 0.6) is 0 Å². The number of unbranched alkanes of at least 4 members (excludes halogenated alkanes) is 2. The smallest absolute Gasteiger partial charge is 0.120 e. The molecule has 16 heavy (non-hydrogen) atoms. The second-order valence-electron chi connectivity index (χ2n) is 5.40. The topological polar surface area (TPSA) is 40.9 Å². The van der Waals surface area contributed by atoms with Crippen LogP contribution in [0.4, 0.5) is 0 Å². The molecular formula is C14H25NO. The van der Waals surface area contributed by atoms with Crippen molar-refractivity contribution in [3.63, 3.8) is 0 Å². The third kappa shape index (κ3) is 7.45. The van der Waals surface area contributed by atoms with Crippen LogP contribution in [-0.4, -0.2) is 6.29 Å². The molecule has 2 nitrogen and oxygen atoms in total. The number of rotatable bonds is 9. The van der Waals surface area contributed by atoms with Crippen LogP contribution >= 0.6 is 0 Å². The SMILES string of the molecule is CCCCCC(C#N)CCC(C)(C)CC=O. The van der Waals surface area contributed by atoms with Gasteiger partial charge in [-0.2, -0.15) is 5.26 Å². The van der Waals surface area contributed by atoms with Crippen molar-refractivity contribution in [1.29, 1.82) is 5.26 Å². The summed E-state index contributed by atoms with van der Waals surface area (Å²) in [6.45, 7) is 6.37. The lowest BCUT2D eigenvalue weighted by atomic mass is 9.82. The summed E-state index contributed by atoms with van der Waals surface area (Å²) < 4.78 is 0. The molecule has 0 heterocycles. The average Bonchev–Trinajstić information content (AvgIpc) is 2.23. The van der Waals surface area contributed by atoms with E-state index in [-0.39, 0.29) is 11.3 Å². The third-order valence-corrected chi connectivity index (χ3v) is 3.14. The van der Waals surface area contributed by atoms with Crippen molar-refractivity contribution in [1.82, 2.24) is 0 Å². The lowest BCUT2D eigenvalue weighted by Gasteiger charge is -2.22. The minimum absolute atomic E-state index is 0.0571. The number of hydrogen-bond acceptors (Lipinski definition) is 2. The minimum atomic E-state index is 0.0571. The lowest BCUT2D eigenvalue weighted by molar-refractivity contribution is -0.109. The monoisotopic (exact) mass is 223 g/mol. The van der Waals surface area contributed by atoms with Crippen molar-refractivity contribution >= 4 is 6.29 Å². The van der Waals surface area contributed by atoms with Gasteiger partial charge < -0.3 is 4.79 Å². The molecule has 0 aromatic carbocycles. The Bertz CT molecular complexity index is 227. The van der Waals surface area contributed by atoms with Gasteiger partial charge >= 0.3 is 0 Å². The molecule has 0 aliphatic rings. The number of hydrogen-bond donors (Lipinski definition) is 0. The number of carbonyl (C=O) groups is 1. The summed E-state index contributed by atoms with van der Waals surface area (Å²) in [4.78, 5) is 10.5. The van der Waals surface area contributed by atoms with E-state index in [9.17, 15) is 4.79 Å². The Balaban J connectivity index is 3.86. The lowest BCUT2D eigenvalue weighted by Crippen LogP contribution is -2.14. The first-order valence-electron chi connectivity index (χ1n) is 6.39. The molecule has 0 bridgehead atoms. The van der Waals surface area contributed by atoms with Gasteiger partial charge in [-0.3, -0.25) is 0 Å². The zero-order chi connectivity index (χ0) is 12.4. The summed E-state index contributed by atoms with van der Waals surface area (Å²) in [5.74, 6) is 0.178. The molecular weight excluding hydrogens is 198 g/mol. The highest BCUT2D eigenvalue weighted by Crippen LogP contribution is 2.28. The van der Waals surface area contributed by atoms with Gasteiger partial charge in [0.2, 0.25) is 0 Å². The van der Waals surface area contributed by atoms with Crippen molar-refractivity contribution in [3.05, 3.63) is 0 Å². The molecule has 0 aliphatic carbocycles. The molecule has 2 heteroatoms. The average molecular weight is 223 g/mol. The summed E-state index contributed by atoms with van der Waals surface area (Å²) in [5.41, 5.74) is 0.0571. The van der Waals surface area contributed by atoms with E-state index in [0.717, 1.165) is 32.0 Å². The second kappa shape index (κ2) is 8.33. The highest BCUT2D eigenvalue weighted by molar-refractivity contribution is 5.50. The Kier molecular flexibility index (Phi) is 7.89. The number of nitrogens with zero attached hydrogens (tertiary/aromatic N) is 1. The van der Waals surface area contributed by atoms with Crippen molar-refractivity contribution in [2.45, 2.75) is 65.7 Å². The molecule has 0 N–H and O–H groups in total. The first-order chi connectivity index (χ1) is 7.55. The molecule has 0 aliphatic heterocycles. The van der Waals surface area contributed by atoms with Crippen LogP contribution in [-0.2, 0) is 4.79 Å². The molecule has 0 radical (unpaired) electrons. The fourth-order valence-corrected chi connectivity index (χ4v) is 1.81. The van der Waals surface area contributed by atoms with Crippen LogP contribution in [0.25, 0.3) is 0 Å². The fourth-order valence-electron chi connectivity index (χ4n) is 1.81. The van der Waals surface area contributed by atoms with E-state index in [0.29, 0.717) is 6.42 Å². The maximum Gasteiger partial charge on any atom is 0.120 e. The van der Waals surface area contributed by atoms with Gasteiger partial charge in [0, 0.05) is 12.3 Å². The normalized spacial score (nSPS) is 13.1. The van der Waals surface area contributed by atoms with Crippen LogP contribution in [0.15, 0.2) is 0 Å². The maximum absolute atomic E-state index is 10.5. The third-order valence-electron chi connectivity index (χ3n) is 3.14. The number of aldehydes is 1.